The molecule has 0 spiro atoms. The zero-order valence-corrected chi connectivity index (χ0v) is 18.4. The summed E-state index contributed by atoms with van der Waals surface area (Å²) in [5, 5.41) is 0.456. The van der Waals surface area contributed by atoms with Crippen molar-refractivity contribution in [3.63, 3.8) is 0 Å². The summed E-state index contributed by atoms with van der Waals surface area (Å²) < 4.78 is 31.0. The SMILES string of the molecule is Cc1cc([C@@H](C)N[S@](=O)C(C)(C)C)c2nc(-c3ccccc3F)n(C)c(=O)c2c1. The van der Waals surface area contributed by atoms with Gasteiger partial charge in [-0.05, 0) is 63.9 Å². The molecular weight excluding hydrogens is 389 g/mol. The molecule has 5 nitrogen and oxygen atoms in total. The number of rotatable bonds is 4. The summed E-state index contributed by atoms with van der Waals surface area (Å²) in [5.41, 5.74) is 2.16. The summed E-state index contributed by atoms with van der Waals surface area (Å²) in [6.45, 7) is 9.46. The van der Waals surface area contributed by atoms with E-state index in [9.17, 15) is 13.4 Å². The zero-order valence-electron chi connectivity index (χ0n) is 17.5. The second kappa shape index (κ2) is 7.80. The summed E-state index contributed by atoms with van der Waals surface area (Å²) in [7, 11) is 0.299. The van der Waals surface area contributed by atoms with Crippen LogP contribution in [-0.2, 0) is 18.0 Å². The second-order valence-electron chi connectivity index (χ2n) is 8.25. The van der Waals surface area contributed by atoms with Crippen LogP contribution < -0.4 is 10.3 Å². The minimum atomic E-state index is -1.29. The highest BCUT2D eigenvalue weighted by Crippen LogP contribution is 2.27. The number of aromatic nitrogens is 2. The van der Waals surface area contributed by atoms with Crippen molar-refractivity contribution in [1.82, 2.24) is 14.3 Å². The lowest BCUT2D eigenvalue weighted by molar-refractivity contribution is 0.617. The van der Waals surface area contributed by atoms with Crippen LogP contribution >= 0.6 is 0 Å². The Morgan fingerprint density at radius 1 is 1.21 bits per heavy atom. The Labute approximate surface area is 172 Å². The Bertz CT molecular complexity index is 1170. The van der Waals surface area contributed by atoms with E-state index in [1.54, 1.807) is 31.3 Å². The van der Waals surface area contributed by atoms with Gasteiger partial charge in [-0.15, -0.1) is 0 Å². The van der Waals surface area contributed by atoms with Crippen molar-refractivity contribution in [3.8, 4) is 11.4 Å². The molecule has 1 heterocycles. The van der Waals surface area contributed by atoms with E-state index >= 15 is 0 Å². The number of halogens is 1. The van der Waals surface area contributed by atoms with Gasteiger partial charge in [0.1, 0.15) is 11.6 Å². The molecule has 7 heteroatoms. The highest BCUT2D eigenvalue weighted by molar-refractivity contribution is 7.84. The van der Waals surface area contributed by atoms with E-state index in [1.807, 2.05) is 40.7 Å². The number of nitrogens with zero attached hydrogens (tertiary/aromatic N) is 2. The van der Waals surface area contributed by atoms with E-state index in [4.69, 9.17) is 0 Å². The normalized spacial score (nSPS) is 14.2. The van der Waals surface area contributed by atoms with Crippen molar-refractivity contribution in [3.05, 3.63) is 63.7 Å². The maximum absolute atomic E-state index is 14.4. The predicted octanol–water partition coefficient (Wildman–Crippen LogP) is 4.16. The summed E-state index contributed by atoms with van der Waals surface area (Å²) in [6, 6.07) is 9.66. The molecule has 0 radical (unpaired) electrons. The fourth-order valence-corrected chi connectivity index (χ4v) is 3.97. The van der Waals surface area contributed by atoms with Crippen LogP contribution in [0, 0.1) is 12.7 Å². The molecule has 0 aliphatic heterocycles. The van der Waals surface area contributed by atoms with E-state index in [1.165, 1.54) is 10.6 Å². The highest BCUT2D eigenvalue weighted by Gasteiger charge is 2.24. The number of aryl methyl sites for hydroxylation is 1. The van der Waals surface area contributed by atoms with Crippen LogP contribution in [0.5, 0.6) is 0 Å². The molecule has 2 atom stereocenters. The molecule has 0 unspecified atom stereocenters. The minimum Gasteiger partial charge on any atom is -0.295 e. The van der Waals surface area contributed by atoms with Gasteiger partial charge < -0.3 is 0 Å². The fourth-order valence-electron chi connectivity index (χ4n) is 3.17. The average Bonchev–Trinajstić information content (AvgIpc) is 2.64. The third-order valence-corrected chi connectivity index (χ3v) is 6.46. The maximum Gasteiger partial charge on any atom is 0.261 e. The van der Waals surface area contributed by atoms with Gasteiger partial charge >= 0.3 is 0 Å². The lowest BCUT2D eigenvalue weighted by Crippen LogP contribution is -2.35. The first-order valence-electron chi connectivity index (χ1n) is 9.45. The Hall–Kier alpha value is -2.38. The maximum atomic E-state index is 14.4. The van der Waals surface area contributed by atoms with Crippen molar-refractivity contribution in [1.29, 1.82) is 0 Å². The molecule has 0 fully saturated rings. The van der Waals surface area contributed by atoms with Gasteiger partial charge in [0.05, 0.1) is 32.2 Å². The largest absolute Gasteiger partial charge is 0.295 e. The number of hydrogen-bond acceptors (Lipinski definition) is 3. The molecule has 1 aromatic heterocycles. The van der Waals surface area contributed by atoms with Gasteiger partial charge in [-0.3, -0.25) is 9.36 Å². The quantitative estimate of drug-likeness (QED) is 0.696. The zero-order chi connectivity index (χ0) is 21.5. The first-order chi connectivity index (χ1) is 13.5. The van der Waals surface area contributed by atoms with Crippen molar-refractivity contribution in [2.24, 2.45) is 7.05 Å². The van der Waals surface area contributed by atoms with E-state index in [0.717, 1.165) is 11.1 Å². The van der Waals surface area contributed by atoms with E-state index < -0.39 is 21.5 Å². The molecule has 1 N–H and O–H groups in total. The molecule has 0 saturated carbocycles. The topological polar surface area (TPSA) is 64.0 Å². The van der Waals surface area contributed by atoms with E-state index in [2.05, 4.69) is 9.71 Å². The Kier molecular flexibility index (Phi) is 5.74. The summed E-state index contributed by atoms with van der Waals surface area (Å²) >= 11 is 0. The smallest absolute Gasteiger partial charge is 0.261 e. The third-order valence-electron chi connectivity index (χ3n) is 4.78. The monoisotopic (exact) mass is 415 g/mol. The van der Waals surface area contributed by atoms with E-state index in [-0.39, 0.29) is 23.0 Å². The minimum absolute atomic E-state index is 0.248. The summed E-state index contributed by atoms with van der Waals surface area (Å²) in [5.74, 6) is -0.183. The molecule has 2 aromatic carbocycles. The van der Waals surface area contributed by atoms with Crippen LogP contribution in [0.4, 0.5) is 4.39 Å². The number of benzene rings is 2. The van der Waals surface area contributed by atoms with Gasteiger partial charge in [-0.2, -0.15) is 0 Å². The van der Waals surface area contributed by atoms with Crippen LogP contribution in [0.15, 0.2) is 41.2 Å². The van der Waals surface area contributed by atoms with Crippen molar-refractivity contribution >= 4 is 21.9 Å². The summed E-state index contributed by atoms with van der Waals surface area (Å²) in [4.78, 5) is 17.7. The van der Waals surface area contributed by atoms with Gasteiger partial charge in [-0.25, -0.2) is 18.3 Å². The molecule has 0 bridgehead atoms. The molecule has 0 saturated heterocycles. The molecule has 3 rings (SSSR count). The lowest BCUT2D eigenvalue weighted by Gasteiger charge is -2.23. The van der Waals surface area contributed by atoms with Crippen molar-refractivity contribution in [2.45, 2.75) is 45.4 Å². The van der Waals surface area contributed by atoms with E-state index in [0.29, 0.717) is 10.9 Å². The van der Waals surface area contributed by atoms with Crippen molar-refractivity contribution in [2.75, 3.05) is 0 Å². The first kappa shape index (κ1) is 21.3. The van der Waals surface area contributed by atoms with Crippen LogP contribution in [0.2, 0.25) is 0 Å². The van der Waals surface area contributed by atoms with Crippen molar-refractivity contribution < 1.29 is 8.60 Å². The third kappa shape index (κ3) is 4.16. The highest BCUT2D eigenvalue weighted by atomic mass is 32.2. The number of fused-ring (bicyclic) bond motifs is 1. The van der Waals surface area contributed by atoms with Crippen LogP contribution in [0.25, 0.3) is 22.3 Å². The van der Waals surface area contributed by atoms with Crippen LogP contribution in [0.3, 0.4) is 0 Å². The molecule has 3 aromatic rings. The Morgan fingerprint density at radius 3 is 2.48 bits per heavy atom. The second-order valence-corrected chi connectivity index (χ2v) is 10.2. The number of nitrogens with one attached hydrogen (secondary N) is 1. The van der Waals surface area contributed by atoms with Gasteiger partial charge in [0.25, 0.3) is 5.56 Å². The summed E-state index contributed by atoms with van der Waals surface area (Å²) in [6.07, 6.45) is 0. The van der Waals surface area contributed by atoms with Gasteiger partial charge in [0.15, 0.2) is 0 Å². The fraction of sp³-hybridized carbons (Fsp3) is 0.364. The molecular formula is C22H26FN3O2S. The first-order valence-corrected chi connectivity index (χ1v) is 10.6. The molecule has 0 aliphatic rings. The lowest BCUT2D eigenvalue weighted by atomic mass is 10.0. The molecule has 154 valence electrons. The van der Waals surface area contributed by atoms with Gasteiger partial charge in [0, 0.05) is 13.1 Å². The van der Waals surface area contributed by atoms with Crippen LogP contribution in [-0.4, -0.2) is 18.5 Å². The van der Waals surface area contributed by atoms with Crippen LogP contribution in [0.1, 0.15) is 44.9 Å². The average molecular weight is 416 g/mol. The molecule has 29 heavy (non-hydrogen) atoms. The Morgan fingerprint density at radius 2 is 1.86 bits per heavy atom. The Balaban J connectivity index is 2.25. The standard InChI is InChI=1S/C22H26FN3O2S/c1-13-11-16(14(2)25-29(28)22(3,4)5)19-17(12-13)21(27)26(6)20(24-19)15-9-7-8-10-18(15)23/h7-12,14,25H,1-6H3/t14-,29-/m1/s1. The molecule has 0 aliphatic carbocycles. The molecule has 0 amide bonds. The van der Waals surface area contributed by atoms with Gasteiger partial charge in [0.2, 0.25) is 0 Å². The van der Waals surface area contributed by atoms with Gasteiger partial charge in [-0.1, -0.05) is 18.2 Å². The predicted molar refractivity (Wildman–Crippen MR) is 117 cm³/mol. The number of hydrogen-bond donors (Lipinski definition) is 1.